The number of nitrogens with zero attached hydrogens (tertiary/aromatic N) is 3. The maximum absolute atomic E-state index is 9.57. The van der Waals surface area contributed by atoms with E-state index in [1.54, 1.807) is 6.07 Å². The van der Waals surface area contributed by atoms with Gasteiger partial charge in [-0.15, -0.1) is 0 Å². The number of nitriles is 1. The Kier molecular flexibility index (Phi) is 7.15. The Morgan fingerprint density at radius 1 is 0.481 bits per heavy atom. The average Bonchev–Trinajstić information content (AvgIpc) is 3.53. The molecule has 0 fully saturated rings. The molecule has 1 N–H and O–H groups in total. The van der Waals surface area contributed by atoms with Gasteiger partial charge in [0.1, 0.15) is 11.7 Å². The van der Waals surface area contributed by atoms with Crippen LogP contribution >= 0.6 is 0 Å². The number of fused-ring (bicyclic) bond motifs is 9. The fourth-order valence-corrected chi connectivity index (χ4v) is 9.12. The minimum atomic E-state index is -0.478. The van der Waals surface area contributed by atoms with E-state index in [0.717, 1.165) is 33.9 Å². The molecule has 10 rings (SSSR count). The Labute approximate surface area is 315 Å². The first-order chi connectivity index (χ1) is 26.5. The van der Waals surface area contributed by atoms with Gasteiger partial charge in [0.15, 0.2) is 6.17 Å². The maximum Gasteiger partial charge on any atom is 0.169 e. The van der Waals surface area contributed by atoms with E-state index in [1.807, 2.05) is 48.5 Å². The summed E-state index contributed by atoms with van der Waals surface area (Å²) in [4.78, 5) is 10.0. The fraction of sp³-hybridized carbons (Fsp3) is 0.100. The van der Waals surface area contributed by atoms with E-state index in [0.29, 0.717) is 5.56 Å². The van der Waals surface area contributed by atoms with Gasteiger partial charge in [0, 0.05) is 16.5 Å². The van der Waals surface area contributed by atoms with Crippen LogP contribution in [0.5, 0.6) is 0 Å². The van der Waals surface area contributed by atoms with Crippen molar-refractivity contribution < 1.29 is 0 Å². The Morgan fingerprint density at radius 2 is 1.02 bits per heavy atom. The van der Waals surface area contributed by atoms with Gasteiger partial charge in [-0.2, -0.15) is 5.26 Å². The Bertz CT molecular complexity index is 2680. The summed E-state index contributed by atoms with van der Waals surface area (Å²) >= 11 is 0. The molecule has 3 aliphatic rings. The molecule has 1 unspecified atom stereocenters. The van der Waals surface area contributed by atoms with Crippen molar-refractivity contribution >= 4 is 11.7 Å². The summed E-state index contributed by atoms with van der Waals surface area (Å²) < 4.78 is 0. The lowest BCUT2D eigenvalue weighted by molar-refractivity contribution is 0.563. The number of aliphatic imine (C=N–C) groups is 2. The van der Waals surface area contributed by atoms with Crippen molar-refractivity contribution in [1.82, 2.24) is 5.32 Å². The summed E-state index contributed by atoms with van der Waals surface area (Å²) in [5.41, 5.74) is 15.9. The van der Waals surface area contributed by atoms with Gasteiger partial charge in [0.05, 0.1) is 17.0 Å². The highest BCUT2D eigenvalue weighted by Gasteiger charge is 2.53. The zero-order valence-corrected chi connectivity index (χ0v) is 30.1. The lowest BCUT2D eigenvalue weighted by atomic mass is 9.55. The van der Waals surface area contributed by atoms with Crippen LogP contribution in [0.15, 0.2) is 180 Å². The van der Waals surface area contributed by atoms with Crippen LogP contribution in [-0.4, -0.2) is 11.7 Å². The smallest absolute Gasteiger partial charge is 0.169 e. The van der Waals surface area contributed by atoms with E-state index in [2.05, 4.69) is 140 Å². The van der Waals surface area contributed by atoms with Crippen LogP contribution in [0.1, 0.15) is 75.6 Å². The largest absolute Gasteiger partial charge is 0.324 e. The van der Waals surface area contributed by atoms with Crippen LogP contribution in [0.2, 0.25) is 0 Å². The highest BCUT2D eigenvalue weighted by Crippen LogP contribution is 2.62. The molecule has 0 aromatic heterocycles. The third-order valence-corrected chi connectivity index (χ3v) is 11.6. The molecule has 1 heterocycles. The Morgan fingerprint density at radius 3 is 1.69 bits per heavy atom. The summed E-state index contributed by atoms with van der Waals surface area (Å²) in [6, 6.07) is 62.7. The van der Waals surface area contributed by atoms with E-state index in [-0.39, 0.29) is 5.41 Å². The lowest BCUT2D eigenvalue weighted by Crippen LogP contribution is -2.40. The summed E-state index contributed by atoms with van der Waals surface area (Å²) in [6.45, 7) is 4.73. The van der Waals surface area contributed by atoms with Gasteiger partial charge in [-0.3, -0.25) is 0 Å². The maximum atomic E-state index is 9.57. The number of nitrogens with one attached hydrogen (secondary N) is 1. The SMILES string of the molecule is CC1(C)c2ccccc2C2(c3ccccc3-c3cc(-c4ccc(C5=NC(c6cccc(C#N)c6)N=C(c6ccccc6)N5)cc4)ccc32)c2ccccc21. The fourth-order valence-electron chi connectivity index (χ4n) is 9.12. The molecule has 4 heteroatoms. The molecule has 4 nitrogen and oxygen atoms in total. The van der Waals surface area contributed by atoms with Crippen molar-refractivity contribution in [3.8, 4) is 28.3 Å². The molecule has 256 valence electrons. The number of amidine groups is 2. The molecule has 0 saturated heterocycles. The number of hydrogen-bond acceptors (Lipinski definition) is 4. The van der Waals surface area contributed by atoms with Gasteiger partial charge in [-0.1, -0.05) is 166 Å². The van der Waals surface area contributed by atoms with Crippen LogP contribution in [-0.2, 0) is 10.8 Å². The van der Waals surface area contributed by atoms with Crippen LogP contribution < -0.4 is 5.32 Å². The summed E-state index contributed by atoms with van der Waals surface area (Å²) in [5, 5.41) is 13.1. The first-order valence-corrected chi connectivity index (χ1v) is 18.5. The predicted octanol–water partition coefficient (Wildman–Crippen LogP) is 10.7. The van der Waals surface area contributed by atoms with Crippen molar-refractivity contribution in [2.75, 3.05) is 0 Å². The standard InChI is InChI=1S/C50H36N4/c1-49(2)42-19-8-10-21-44(42)50(45-22-11-9-20-43(45)49)40-18-7-6-17-38(40)39-30-36(27-28-41(39)50)33-23-25-35(26-24-33)47-52-46(34-14-4-3-5-15-34)53-48(54-47)37-16-12-13-32(29-37)31-51/h3-30,48H,1-2H3,(H,52,53,54). The summed E-state index contributed by atoms with van der Waals surface area (Å²) in [6.07, 6.45) is -0.478. The highest BCUT2D eigenvalue weighted by atomic mass is 15.2. The molecule has 1 spiro atoms. The van der Waals surface area contributed by atoms with Gasteiger partial charge < -0.3 is 5.32 Å². The monoisotopic (exact) mass is 692 g/mol. The molecular formula is C50H36N4. The molecule has 0 amide bonds. The normalized spacial score (nSPS) is 16.8. The summed E-state index contributed by atoms with van der Waals surface area (Å²) in [7, 11) is 0. The quantitative estimate of drug-likeness (QED) is 0.200. The predicted molar refractivity (Wildman–Crippen MR) is 218 cm³/mol. The topological polar surface area (TPSA) is 60.5 Å². The van der Waals surface area contributed by atoms with E-state index in [9.17, 15) is 5.26 Å². The Balaban J connectivity index is 1.06. The van der Waals surface area contributed by atoms with Crippen LogP contribution in [0.4, 0.5) is 0 Å². The minimum absolute atomic E-state index is 0.121. The third-order valence-electron chi connectivity index (χ3n) is 11.6. The second-order valence-corrected chi connectivity index (χ2v) is 14.9. The second-order valence-electron chi connectivity index (χ2n) is 14.9. The van der Waals surface area contributed by atoms with Crippen LogP contribution in [0.25, 0.3) is 22.3 Å². The lowest BCUT2D eigenvalue weighted by Gasteiger charge is -2.46. The van der Waals surface area contributed by atoms with E-state index >= 15 is 0 Å². The van der Waals surface area contributed by atoms with Crippen LogP contribution in [0, 0.1) is 11.3 Å². The zero-order chi connectivity index (χ0) is 36.4. The molecule has 0 bridgehead atoms. The Hall–Kier alpha value is -6.83. The molecule has 1 atom stereocenters. The molecule has 7 aromatic rings. The van der Waals surface area contributed by atoms with Crippen molar-refractivity contribution in [3.05, 3.63) is 225 Å². The van der Waals surface area contributed by atoms with E-state index in [4.69, 9.17) is 9.98 Å². The molecule has 2 aliphatic carbocycles. The first kappa shape index (κ1) is 31.9. The molecule has 7 aromatic carbocycles. The zero-order valence-electron chi connectivity index (χ0n) is 30.1. The van der Waals surface area contributed by atoms with Crippen molar-refractivity contribution in [2.45, 2.75) is 30.8 Å². The van der Waals surface area contributed by atoms with E-state index in [1.165, 1.54) is 50.1 Å². The minimum Gasteiger partial charge on any atom is -0.324 e. The van der Waals surface area contributed by atoms with Gasteiger partial charge in [0.25, 0.3) is 0 Å². The number of hydrogen-bond donors (Lipinski definition) is 1. The van der Waals surface area contributed by atoms with Gasteiger partial charge in [0.2, 0.25) is 0 Å². The average molecular weight is 693 g/mol. The molecule has 0 radical (unpaired) electrons. The second kappa shape index (κ2) is 12.1. The van der Waals surface area contributed by atoms with Crippen molar-refractivity contribution in [2.24, 2.45) is 9.98 Å². The van der Waals surface area contributed by atoms with Gasteiger partial charge >= 0.3 is 0 Å². The molecule has 1 aliphatic heterocycles. The van der Waals surface area contributed by atoms with Crippen LogP contribution in [0.3, 0.4) is 0 Å². The number of benzene rings is 7. The van der Waals surface area contributed by atoms with Crippen molar-refractivity contribution in [3.63, 3.8) is 0 Å². The van der Waals surface area contributed by atoms with Gasteiger partial charge in [-0.05, 0) is 79.4 Å². The van der Waals surface area contributed by atoms with E-state index < -0.39 is 11.6 Å². The van der Waals surface area contributed by atoms with Gasteiger partial charge in [-0.25, -0.2) is 9.98 Å². The third kappa shape index (κ3) is 4.68. The molecule has 54 heavy (non-hydrogen) atoms. The summed E-state index contributed by atoms with van der Waals surface area (Å²) in [5.74, 6) is 1.49. The highest BCUT2D eigenvalue weighted by molar-refractivity contribution is 6.16. The molecule has 0 saturated carbocycles. The first-order valence-electron chi connectivity index (χ1n) is 18.5. The molecular weight excluding hydrogens is 657 g/mol. The number of rotatable bonds is 4. The van der Waals surface area contributed by atoms with Crippen molar-refractivity contribution in [1.29, 1.82) is 5.26 Å².